The molecule has 0 aromatic heterocycles. The van der Waals surface area contributed by atoms with Crippen LogP contribution in [0.25, 0.3) is 0 Å². The lowest BCUT2D eigenvalue weighted by atomic mass is 10.1. The smallest absolute Gasteiger partial charge is 0.341 e. The number of hydrogen-bond acceptors (Lipinski definition) is 7. The molecule has 0 aliphatic rings. The van der Waals surface area contributed by atoms with E-state index in [0.29, 0.717) is 5.69 Å². The van der Waals surface area contributed by atoms with Gasteiger partial charge in [0.2, 0.25) is 0 Å². The summed E-state index contributed by atoms with van der Waals surface area (Å²) in [4.78, 5) is 34.3. The number of nitrogens with one attached hydrogen (secondary N) is 2. The number of carbonyl (C=O) groups is 2. The standard InChI is InChI=1S/C17H16FN3O6/c18-11-1-3-12(4-2-11)20-16(23)10-27-17(24)14-9-13(21(25)26)5-6-15(14)19-7-8-22/h1-6,9,19,22H,7-8,10H2,(H,20,23). The van der Waals surface area contributed by atoms with Crippen LogP contribution in [-0.2, 0) is 9.53 Å². The molecule has 0 saturated heterocycles. The minimum Gasteiger partial charge on any atom is -0.452 e. The summed E-state index contributed by atoms with van der Waals surface area (Å²) in [6.45, 7) is -0.743. The van der Waals surface area contributed by atoms with Gasteiger partial charge in [0.05, 0.1) is 17.1 Å². The number of nitro groups is 1. The van der Waals surface area contributed by atoms with Crippen molar-refractivity contribution in [1.29, 1.82) is 0 Å². The largest absolute Gasteiger partial charge is 0.452 e. The lowest BCUT2D eigenvalue weighted by Gasteiger charge is -2.11. The number of esters is 1. The van der Waals surface area contributed by atoms with Gasteiger partial charge in [-0.3, -0.25) is 14.9 Å². The van der Waals surface area contributed by atoms with Crippen LogP contribution in [0.15, 0.2) is 42.5 Å². The molecule has 0 unspecified atom stereocenters. The number of halogens is 1. The molecule has 0 aliphatic heterocycles. The first-order valence-electron chi connectivity index (χ1n) is 7.76. The second-order valence-electron chi connectivity index (χ2n) is 5.27. The van der Waals surface area contributed by atoms with E-state index in [0.717, 1.165) is 18.2 Å². The molecule has 27 heavy (non-hydrogen) atoms. The summed E-state index contributed by atoms with van der Waals surface area (Å²) in [5.41, 5.74) is 0.0659. The molecule has 9 nitrogen and oxygen atoms in total. The van der Waals surface area contributed by atoms with Crippen LogP contribution in [0.3, 0.4) is 0 Å². The van der Waals surface area contributed by atoms with Crippen molar-refractivity contribution in [2.75, 3.05) is 30.4 Å². The highest BCUT2D eigenvalue weighted by molar-refractivity contribution is 5.99. The lowest BCUT2D eigenvalue weighted by molar-refractivity contribution is -0.384. The SMILES string of the molecule is O=C(COC(=O)c1cc([N+](=O)[O-])ccc1NCCO)Nc1ccc(F)cc1. The second-order valence-corrected chi connectivity index (χ2v) is 5.27. The molecule has 1 amide bonds. The van der Waals surface area contributed by atoms with Crippen LogP contribution in [0.2, 0.25) is 0 Å². The molecule has 142 valence electrons. The van der Waals surface area contributed by atoms with Crippen molar-refractivity contribution in [1.82, 2.24) is 0 Å². The number of nitro benzene ring substituents is 1. The third kappa shape index (κ3) is 5.75. The van der Waals surface area contributed by atoms with Crippen molar-refractivity contribution in [3.8, 4) is 0 Å². The Kier molecular flexibility index (Phi) is 6.78. The van der Waals surface area contributed by atoms with Gasteiger partial charge in [0, 0.05) is 30.1 Å². The zero-order valence-electron chi connectivity index (χ0n) is 14.0. The third-order valence-corrected chi connectivity index (χ3v) is 3.32. The Morgan fingerprint density at radius 2 is 1.89 bits per heavy atom. The summed E-state index contributed by atoms with van der Waals surface area (Å²) >= 11 is 0. The van der Waals surface area contributed by atoms with E-state index in [4.69, 9.17) is 9.84 Å². The van der Waals surface area contributed by atoms with Crippen LogP contribution >= 0.6 is 0 Å². The fourth-order valence-electron chi connectivity index (χ4n) is 2.10. The highest BCUT2D eigenvalue weighted by Crippen LogP contribution is 2.23. The monoisotopic (exact) mass is 377 g/mol. The molecule has 0 radical (unpaired) electrons. The van der Waals surface area contributed by atoms with Gasteiger partial charge < -0.3 is 20.5 Å². The van der Waals surface area contributed by atoms with Crippen molar-refractivity contribution in [2.24, 2.45) is 0 Å². The Morgan fingerprint density at radius 1 is 1.19 bits per heavy atom. The molecule has 0 bridgehead atoms. The maximum Gasteiger partial charge on any atom is 0.341 e. The van der Waals surface area contributed by atoms with E-state index in [-0.39, 0.29) is 30.1 Å². The van der Waals surface area contributed by atoms with Crippen molar-refractivity contribution in [3.63, 3.8) is 0 Å². The van der Waals surface area contributed by atoms with Crippen LogP contribution in [0.5, 0.6) is 0 Å². The molecular formula is C17H16FN3O6. The molecular weight excluding hydrogens is 361 g/mol. The summed E-state index contributed by atoms with van der Waals surface area (Å²) in [5, 5.41) is 24.9. The van der Waals surface area contributed by atoms with Gasteiger partial charge >= 0.3 is 5.97 Å². The van der Waals surface area contributed by atoms with Crippen LogP contribution in [0.4, 0.5) is 21.5 Å². The second kappa shape index (κ2) is 9.25. The van der Waals surface area contributed by atoms with Crippen LogP contribution in [-0.4, -0.2) is 41.7 Å². The van der Waals surface area contributed by atoms with E-state index >= 15 is 0 Å². The van der Waals surface area contributed by atoms with E-state index in [2.05, 4.69) is 10.6 Å². The van der Waals surface area contributed by atoms with Crippen molar-refractivity contribution < 1.29 is 28.7 Å². The summed E-state index contributed by atoms with van der Waals surface area (Å²) in [6.07, 6.45) is 0. The van der Waals surface area contributed by atoms with Gasteiger partial charge in [0.1, 0.15) is 5.82 Å². The maximum atomic E-state index is 12.8. The first-order chi connectivity index (χ1) is 12.9. The summed E-state index contributed by atoms with van der Waals surface area (Å²) in [7, 11) is 0. The molecule has 0 saturated carbocycles. The lowest BCUT2D eigenvalue weighted by Crippen LogP contribution is -2.21. The highest BCUT2D eigenvalue weighted by atomic mass is 19.1. The van der Waals surface area contributed by atoms with Gasteiger partial charge in [-0.15, -0.1) is 0 Å². The molecule has 0 aliphatic carbocycles. The summed E-state index contributed by atoms with van der Waals surface area (Å²) in [5.74, 6) is -2.08. The van der Waals surface area contributed by atoms with Crippen molar-refractivity contribution >= 4 is 28.9 Å². The Morgan fingerprint density at radius 3 is 2.52 bits per heavy atom. The first kappa shape index (κ1) is 19.8. The number of aliphatic hydroxyl groups is 1. The Labute approximate surface area is 152 Å². The first-order valence-corrected chi connectivity index (χ1v) is 7.76. The van der Waals surface area contributed by atoms with Crippen molar-refractivity contribution in [2.45, 2.75) is 0 Å². The van der Waals surface area contributed by atoms with Gasteiger partial charge in [-0.25, -0.2) is 9.18 Å². The predicted molar refractivity (Wildman–Crippen MR) is 94.0 cm³/mol. The van der Waals surface area contributed by atoms with Crippen molar-refractivity contribution in [3.05, 3.63) is 64.0 Å². The quantitative estimate of drug-likeness (QED) is 0.364. The topological polar surface area (TPSA) is 131 Å². The highest BCUT2D eigenvalue weighted by Gasteiger charge is 2.19. The molecule has 0 fully saturated rings. The van der Waals surface area contributed by atoms with Crippen LogP contribution in [0, 0.1) is 15.9 Å². The molecule has 2 aromatic carbocycles. The van der Waals surface area contributed by atoms with Gasteiger partial charge in [0.25, 0.3) is 11.6 Å². The average molecular weight is 377 g/mol. The fraction of sp³-hybridized carbons (Fsp3) is 0.176. The Balaban J connectivity index is 2.04. The number of hydrogen-bond donors (Lipinski definition) is 3. The number of aliphatic hydroxyl groups excluding tert-OH is 1. The normalized spacial score (nSPS) is 10.1. The average Bonchev–Trinajstić information content (AvgIpc) is 2.66. The van der Waals surface area contributed by atoms with E-state index in [1.54, 1.807) is 0 Å². The van der Waals surface area contributed by atoms with E-state index < -0.39 is 29.2 Å². The minimum absolute atomic E-state index is 0.114. The van der Waals surface area contributed by atoms with Gasteiger partial charge in [-0.2, -0.15) is 0 Å². The number of ether oxygens (including phenoxy) is 1. The third-order valence-electron chi connectivity index (χ3n) is 3.32. The molecule has 10 heteroatoms. The molecule has 2 rings (SSSR count). The zero-order chi connectivity index (χ0) is 19.8. The number of anilines is 2. The summed E-state index contributed by atoms with van der Waals surface area (Å²) < 4.78 is 17.7. The van der Waals surface area contributed by atoms with Crippen LogP contribution in [0.1, 0.15) is 10.4 Å². The number of non-ortho nitro benzene ring substituents is 1. The minimum atomic E-state index is -0.951. The van der Waals surface area contributed by atoms with Crippen LogP contribution < -0.4 is 10.6 Å². The van der Waals surface area contributed by atoms with Gasteiger partial charge in [0.15, 0.2) is 6.61 Å². The molecule has 0 heterocycles. The molecule has 3 N–H and O–H groups in total. The van der Waals surface area contributed by atoms with E-state index in [1.807, 2.05) is 0 Å². The Hall–Kier alpha value is -3.53. The maximum absolute atomic E-state index is 12.8. The number of amides is 1. The van der Waals surface area contributed by atoms with Gasteiger partial charge in [-0.1, -0.05) is 0 Å². The number of rotatable bonds is 8. The number of carbonyl (C=O) groups excluding carboxylic acids is 2. The van der Waals surface area contributed by atoms with E-state index in [1.165, 1.54) is 24.3 Å². The van der Waals surface area contributed by atoms with E-state index in [9.17, 15) is 24.1 Å². The fourth-order valence-corrected chi connectivity index (χ4v) is 2.10. The summed E-state index contributed by atoms with van der Waals surface area (Å²) in [6, 6.07) is 8.51. The number of nitrogens with zero attached hydrogens (tertiary/aromatic N) is 1. The Bertz CT molecular complexity index is 841. The molecule has 0 spiro atoms. The predicted octanol–water partition coefficient (Wildman–Crippen LogP) is 1.93. The molecule has 0 atom stereocenters. The molecule has 2 aromatic rings. The van der Waals surface area contributed by atoms with Gasteiger partial charge in [-0.05, 0) is 30.3 Å². The zero-order valence-corrected chi connectivity index (χ0v) is 14.0. The number of benzene rings is 2.